The lowest BCUT2D eigenvalue weighted by atomic mass is 10.1. The Bertz CT molecular complexity index is 1060. The standard InChI is InChI=1S/C25H33N3O6/c1-25(2,3)34-24(31)26-20-12-11-17(14-19(20)23(30)33-8)28(6)18-10-9-16(21(15-18)32-7)13-22(29)27(4)5/h9-12,14-15H,13H2,1-8H3,(H,26,31). The van der Waals surface area contributed by atoms with Gasteiger partial charge >= 0.3 is 12.1 Å². The van der Waals surface area contributed by atoms with Gasteiger partial charge in [0.25, 0.3) is 0 Å². The van der Waals surface area contributed by atoms with E-state index < -0.39 is 17.7 Å². The molecule has 0 saturated heterocycles. The third kappa shape index (κ3) is 6.87. The van der Waals surface area contributed by atoms with Crippen molar-refractivity contribution in [2.75, 3.05) is 45.6 Å². The lowest BCUT2D eigenvalue weighted by Gasteiger charge is -2.23. The van der Waals surface area contributed by atoms with Crippen LogP contribution in [-0.2, 0) is 20.7 Å². The monoisotopic (exact) mass is 471 g/mol. The molecule has 2 amide bonds. The molecule has 0 atom stereocenters. The van der Waals surface area contributed by atoms with Crippen LogP contribution in [0.15, 0.2) is 36.4 Å². The molecule has 34 heavy (non-hydrogen) atoms. The average Bonchev–Trinajstić information content (AvgIpc) is 2.77. The first-order valence-electron chi connectivity index (χ1n) is 10.7. The van der Waals surface area contributed by atoms with Gasteiger partial charge in [-0.05, 0) is 45.0 Å². The number of amides is 2. The summed E-state index contributed by atoms with van der Waals surface area (Å²) in [6.07, 6.45) is -0.455. The maximum absolute atomic E-state index is 12.4. The van der Waals surface area contributed by atoms with Crippen LogP contribution in [0.1, 0.15) is 36.7 Å². The van der Waals surface area contributed by atoms with Crippen LogP contribution in [0.2, 0.25) is 0 Å². The van der Waals surface area contributed by atoms with Gasteiger partial charge in [0.1, 0.15) is 11.4 Å². The Morgan fingerprint density at radius 1 is 0.941 bits per heavy atom. The number of nitrogens with zero attached hydrogens (tertiary/aromatic N) is 2. The SMILES string of the molecule is COC(=O)c1cc(N(C)c2ccc(CC(=O)N(C)C)c(OC)c2)ccc1NC(=O)OC(C)(C)C. The van der Waals surface area contributed by atoms with Gasteiger partial charge in [-0.25, -0.2) is 9.59 Å². The molecule has 0 heterocycles. The van der Waals surface area contributed by atoms with Crippen LogP contribution >= 0.6 is 0 Å². The fourth-order valence-corrected chi connectivity index (χ4v) is 3.10. The molecule has 0 aliphatic carbocycles. The first-order chi connectivity index (χ1) is 15.9. The van der Waals surface area contributed by atoms with E-state index in [-0.39, 0.29) is 23.6 Å². The summed E-state index contributed by atoms with van der Waals surface area (Å²) < 4.78 is 15.7. The summed E-state index contributed by atoms with van der Waals surface area (Å²) in [6, 6.07) is 10.5. The number of nitrogens with one attached hydrogen (secondary N) is 1. The molecule has 0 aliphatic rings. The number of ether oxygens (including phenoxy) is 3. The molecule has 2 rings (SSSR count). The van der Waals surface area contributed by atoms with Crippen molar-refractivity contribution in [3.05, 3.63) is 47.5 Å². The zero-order valence-electron chi connectivity index (χ0n) is 21.0. The molecule has 9 nitrogen and oxygen atoms in total. The van der Waals surface area contributed by atoms with Gasteiger partial charge in [0.05, 0.1) is 31.9 Å². The second-order valence-corrected chi connectivity index (χ2v) is 8.87. The van der Waals surface area contributed by atoms with Gasteiger partial charge in [-0.3, -0.25) is 10.1 Å². The number of methoxy groups -OCH3 is 2. The van der Waals surface area contributed by atoms with E-state index in [1.54, 1.807) is 60.2 Å². The topological polar surface area (TPSA) is 97.4 Å². The fourth-order valence-electron chi connectivity index (χ4n) is 3.10. The molecule has 184 valence electrons. The van der Waals surface area contributed by atoms with Crippen molar-refractivity contribution in [1.82, 2.24) is 4.90 Å². The zero-order chi connectivity index (χ0) is 25.6. The van der Waals surface area contributed by atoms with Crippen LogP contribution in [0.3, 0.4) is 0 Å². The molecule has 0 bridgehead atoms. The molecule has 0 saturated carbocycles. The van der Waals surface area contributed by atoms with Gasteiger partial charge in [0, 0.05) is 44.1 Å². The summed E-state index contributed by atoms with van der Waals surface area (Å²) in [5.74, 6) is -0.0532. The smallest absolute Gasteiger partial charge is 0.412 e. The first kappa shape index (κ1) is 26.5. The predicted molar refractivity (Wildman–Crippen MR) is 131 cm³/mol. The van der Waals surface area contributed by atoms with Crippen molar-refractivity contribution in [3.8, 4) is 5.75 Å². The Hall–Kier alpha value is -3.75. The molecule has 0 fully saturated rings. The van der Waals surface area contributed by atoms with Gasteiger partial charge in [-0.15, -0.1) is 0 Å². The first-order valence-corrected chi connectivity index (χ1v) is 10.7. The van der Waals surface area contributed by atoms with Gasteiger partial charge in [0.2, 0.25) is 5.91 Å². The minimum Gasteiger partial charge on any atom is -0.496 e. The van der Waals surface area contributed by atoms with Crippen molar-refractivity contribution < 1.29 is 28.6 Å². The lowest BCUT2D eigenvalue weighted by molar-refractivity contribution is -0.128. The van der Waals surface area contributed by atoms with Crippen molar-refractivity contribution in [3.63, 3.8) is 0 Å². The highest BCUT2D eigenvalue weighted by Gasteiger charge is 2.21. The van der Waals surface area contributed by atoms with E-state index in [0.29, 0.717) is 11.4 Å². The maximum atomic E-state index is 12.4. The molecule has 1 N–H and O–H groups in total. The molecule has 2 aromatic carbocycles. The van der Waals surface area contributed by atoms with E-state index in [9.17, 15) is 14.4 Å². The predicted octanol–water partition coefficient (Wildman–Crippen LogP) is 4.23. The minimum atomic E-state index is -0.682. The van der Waals surface area contributed by atoms with Crippen molar-refractivity contribution in [1.29, 1.82) is 0 Å². The summed E-state index contributed by atoms with van der Waals surface area (Å²) in [7, 11) is 8.06. The molecule has 9 heteroatoms. The molecule has 0 unspecified atom stereocenters. The maximum Gasteiger partial charge on any atom is 0.412 e. The third-order valence-corrected chi connectivity index (χ3v) is 4.93. The molecule has 2 aromatic rings. The number of carbonyl (C=O) groups excluding carboxylic acids is 3. The lowest BCUT2D eigenvalue weighted by Crippen LogP contribution is -2.28. The number of anilines is 3. The van der Waals surface area contributed by atoms with Crippen LogP contribution in [0.25, 0.3) is 0 Å². The van der Waals surface area contributed by atoms with Crippen molar-refractivity contribution in [2.45, 2.75) is 32.8 Å². The minimum absolute atomic E-state index is 0.0322. The number of likely N-dealkylation sites (N-methyl/N-ethyl adjacent to an activating group) is 1. The number of rotatable bonds is 7. The molecular formula is C25H33N3O6. The van der Waals surface area contributed by atoms with Gasteiger partial charge < -0.3 is 24.0 Å². The van der Waals surface area contributed by atoms with Gasteiger partial charge in [0.15, 0.2) is 0 Å². The second kappa shape index (κ2) is 10.9. The summed E-state index contributed by atoms with van der Waals surface area (Å²) in [6.45, 7) is 5.26. The number of esters is 1. The summed E-state index contributed by atoms with van der Waals surface area (Å²) in [5, 5.41) is 2.60. The summed E-state index contributed by atoms with van der Waals surface area (Å²) in [4.78, 5) is 40.1. The van der Waals surface area contributed by atoms with E-state index in [2.05, 4.69) is 5.32 Å². The normalized spacial score (nSPS) is 10.8. The quantitative estimate of drug-likeness (QED) is 0.604. The number of hydrogen-bond acceptors (Lipinski definition) is 7. The van der Waals surface area contributed by atoms with Gasteiger partial charge in [-0.2, -0.15) is 0 Å². The summed E-state index contributed by atoms with van der Waals surface area (Å²) >= 11 is 0. The molecule has 0 spiro atoms. The number of hydrogen-bond donors (Lipinski definition) is 1. The van der Waals surface area contributed by atoms with Crippen molar-refractivity contribution >= 4 is 35.0 Å². The third-order valence-electron chi connectivity index (χ3n) is 4.93. The Labute approximate surface area is 200 Å². The average molecular weight is 472 g/mol. The van der Waals surface area contributed by atoms with Gasteiger partial charge in [-0.1, -0.05) is 6.07 Å². The van der Waals surface area contributed by atoms with E-state index >= 15 is 0 Å². The van der Waals surface area contributed by atoms with E-state index in [1.165, 1.54) is 12.0 Å². The molecular weight excluding hydrogens is 438 g/mol. The highest BCUT2D eigenvalue weighted by Crippen LogP contribution is 2.32. The van der Waals surface area contributed by atoms with Crippen molar-refractivity contribution in [2.24, 2.45) is 0 Å². The Kier molecular flexibility index (Phi) is 8.51. The molecule has 0 aliphatic heterocycles. The van der Waals surface area contributed by atoms with E-state index in [0.717, 1.165) is 11.3 Å². The Balaban J connectivity index is 2.36. The zero-order valence-corrected chi connectivity index (χ0v) is 21.0. The Morgan fingerprint density at radius 3 is 2.12 bits per heavy atom. The highest BCUT2D eigenvalue weighted by atomic mass is 16.6. The largest absolute Gasteiger partial charge is 0.496 e. The van der Waals surface area contributed by atoms with Crippen LogP contribution in [0.4, 0.5) is 21.9 Å². The Morgan fingerprint density at radius 2 is 1.56 bits per heavy atom. The number of benzene rings is 2. The molecule has 0 aromatic heterocycles. The van der Waals surface area contributed by atoms with Crippen LogP contribution < -0.4 is 15.0 Å². The summed E-state index contributed by atoms with van der Waals surface area (Å²) in [5.41, 5.74) is 1.99. The number of carbonyl (C=O) groups is 3. The van der Waals surface area contributed by atoms with E-state index in [4.69, 9.17) is 14.2 Å². The fraction of sp³-hybridized carbons (Fsp3) is 0.400. The molecule has 0 radical (unpaired) electrons. The van der Waals surface area contributed by atoms with Crippen LogP contribution in [0, 0.1) is 0 Å². The van der Waals surface area contributed by atoms with Crippen LogP contribution in [0.5, 0.6) is 5.75 Å². The second-order valence-electron chi connectivity index (χ2n) is 8.87. The highest BCUT2D eigenvalue weighted by molar-refractivity contribution is 6.01. The van der Waals surface area contributed by atoms with Crippen LogP contribution in [-0.4, -0.2) is 63.8 Å². The van der Waals surface area contributed by atoms with E-state index in [1.807, 2.05) is 30.1 Å².